The van der Waals surface area contributed by atoms with E-state index >= 15 is 4.39 Å². The third kappa shape index (κ3) is 8.26. The fourth-order valence-corrected chi connectivity index (χ4v) is 8.84. The Hall–Kier alpha value is -5.79. The first kappa shape index (κ1) is 40.0. The molecule has 59 heavy (non-hydrogen) atoms. The van der Waals surface area contributed by atoms with Crippen LogP contribution in [-0.2, 0) is 9.59 Å². The van der Waals surface area contributed by atoms with Crippen LogP contribution < -0.4 is 14.5 Å². The van der Waals surface area contributed by atoms with Crippen molar-refractivity contribution in [2.24, 2.45) is 10.9 Å². The molecule has 5 aliphatic rings. The Morgan fingerprint density at radius 2 is 1.59 bits per heavy atom. The number of hydrogen-bond acceptors (Lipinski definition) is 12. The summed E-state index contributed by atoms with van der Waals surface area (Å²) in [7, 11) is 1.33. The number of piperazine rings is 1. The number of aromatic nitrogens is 2. The van der Waals surface area contributed by atoms with E-state index in [1.807, 2.05) is 17.0 Å². The smallest absolute Gasteiger partial charge is 0.297 e. The van der Waals surface area contributed by atoms with Crippen molar-refractivity contribution in [3.8, 4) is 11.8 Å². The van der Waals surface area contributed by atoms with Gasteiger partial charge in [0.15, 0.2) is 11.5 Å². The number of imide groups is 2. The minimum absolute atomic E-state index is 0.0356. The van der Waals surface area contributed by atoms with E-state index in [9.17, 15) is 24.0 Å². The predicted octanol–water partition coefficient (Wildman–Crippen LogP) is 4.53. The highest BCUT2D eigenvalue weighted by atomic mass is 35.5. The molecular formula is C42H43ClFN9O6. The molecule has 1 saturated carbocycles. The number of likely N-dealkylation sites (tertiary alicyclic amines) is 1. The molecule has 15 nitrogen and oxygen atoms in total. The summed E-state index contributed by atoms with van der Waals surface area (Å²) in [5.74, 6) is -1.57. The normalized spacial score (nSPS) is 21.8. The molecule has 4 aliphatic heterocycles. The number of nitriles is 1. The largest absolute Gasteiger partial charge is 0.490 e. The molecule has 0 spiro atoms. The molecule has 2 aromatic carbocycles. The Bertz CT molecular complexity index is 2260. The average molecular weight is 824 g/mol. The standard InChI is InChI=1S/C42H43ClFN9O6/c1-49-38(54)11-9-35(42(49)58)53-40(56)30-21-33(44)36(22-31(30)41(53)57)51-18-16-50(17-19-51)24-25-12-14-52(15-13-25)37-10-8-34(47-48-37)39(55)46-27-3-6-28(7-4-27)59-29-5-2-26(23-45)32(43)20-29/h2,5,8,10,20-22,25,28,35H,3-4,6-7,9,11-19,24H2,1H3. The second-order valence-electron chi connectivity index (χ2n) is 15.7. The summed E-state index contributed by atoms with van der Waals surface area (Å²) in [5.41, 5.74) is 1.66. The molecule has 1 atom stereocenters. The van der Waals surface area contributed by atoms with E-state index in [1.54, 1.807) is 24.3 Å². The molecule has 1 aromatic heterocycles. The zero-order valence-electron chi connectivity index (χ0n) is 32.6. The second-order valence-corrected chi connectivity index (χ2v) is 16.1. The van der Waals surface area contributed by atoms with Gasteiger partial charge in [0.05, 0.1) is 33.5 Å². The van der Waals surface area contributed by atoms with E-state index in [0.29, 0.717) is 79.9 Å². The number of fused-ring (bicyclic) bond motifs is 1. The van der Waals surface area contributed by atoms with Gasteiger partial charge in [-0.2, -0.15) is 5.26 Å². The first-order valence-corrected chi connectivity index (χ1v) is 20.4. The number of halogens is 2. The van der Waals surface area contributed by atoms with Crippen LogP contribution in [0.3, 0.4) is 0 Å². The Morgan fingerprint density at radius 3 is 2.25 bits per heavy atom. The molecule has 3 aromatic rings. The van der Waals surface area contributed by atoms with Crippen LogP contribution in [0.25, 0.3) is 0 Å². The maximum atomic E-state index is 15.5. The lowest BCUT2D eigenvalue weighted by molar-refractivity contribution is -0.149. The summed E-state index contributed by atoms with van der Waals surface area (Å²) in [5, 5.41) is 18.0. The summed E-state index contributed by atoms with van der Waals surface area (Å²) in [6.07, 6.45) is 4.63. The van der Waals surface area contributed by atoms with Gasteiger partial charge in [0.1, 0.15) is 23.7 Å². The van der Waals surface area contributed by atoms with Gasteiger partial charge in [-0.15, -0.1) is 10.2 Å². The molecule has 5 amide bonds. The van der Waals surface area contributed by atoms with Crippen LogP contribution in [0.5, 0.6) is 5.75 Å². The molecule has 0 N–H and O–H groups in total. The molecule has 4 fully saturated rings. The number of likely N-dealkylation sites (N-methyl/N-ethyl adjacent to an activating group) is 1. The maximum Gasteiger partial charge on any atom is 0.297 e. The second kappa shape index (κ2) is 16.8. The van der Waals surface area contributed by atoms with Gasteiger partial charge in [-0.25, -0.2) is 9.38 Å². The van der Waals surface area contributed by atoms with Gasteiger partial charge in [-0.05, 0) is 87.3 Å². The van der Waals surface area contributed by atoms with Crippen LogP contribution in [0.15, 0.2) is 47.5 Å². The number of carbonyl (C=O) groups is 5. The molecule has 306 valence electrons. The molecule has 1 unspecified atom stereocenters. The van der Waals surface area contributed by atoms with Gasteiger partial charge in [0.25, 0.3) is 23.6 Å². The maximum absolute atomic E-state index is 15.5. The summed E-state index contributed by atoms with van der Waals surface area (Å²) < 4.78 is 21.5. The monoisotopic (exact) mass is 823 g/mol. The summed E-state index contributed by atoms with van der Waals surface area (Å²) in [4.78, 5) is 76.9. The number of rotatable bonds is 8. The summed E-state index contributed by atoms with van der Waals surface area (Å²) in [6, 6.07) is 12.0. The molecule has 1 aliphatic carbocycles. The van der Waals surface area contributed by atoms with Gasteiger partial charge >= 0.3 is 0 Å². The number of aliphatic imine (C=N–C) groups is 1. The summed E-state index contributed by atoms with van der Waals surface area (Å²) >= 11 is 6.13. The van der Waals surface area contributed by atoms with E-state index in [0.717, 1.165) is 54.1 Å². The molecular weight excluding hydrogens is 781 g/mol. The molecule has 0 bridgehead atoms. The van der Waals surface area contributed by atoms with Crippen molar-refractivity contribution in [3.05, 3.63) is 75.7 Å². The molecule has 5 heterocycles. The van der Waals surface area contributed by atoms with Crippen molar-refractivity contribution in [1.29, 1.82) is 5.26 Å². The number of ether oxygens (including phenoxy) is 1. The lowest BCUT2D eigenvalue weighted by atomic mass is 9.95. The van der Waals surface area contributed by atoms with E-state index in [-0.39, 0.29) is 47.4 Å². The van der Waals surface area contributed by atoms with Crippen LogP contribution in [0.1, 0.15) is 88.1 Å². The van der Waals surface area contributed by atoms with E-state index in [4.69, 9.17) is 21.6 Å². The average Bonchev–Trinajstić information content (AvgIpc) is 3.48. The number of hydrogen-bond donors (Lipinski definition) is 0. The van der Waals surface area contributed by atoms with E-state index < -0.39 is 35.5 Å². The highest BCUT2D eigenvalue weighted by Crippen LogP contribution is 2.34. The first-order chi connectivity index (χ1) is 28.5. The Labute approximate surface area is 345 Å². The topological polar surface area (TPSA) is 173 Å². The van der Waals surface area contributed by atoms with Crippen molar-refractivity contribution in [2.75, 3.05) is 62.7 Å². The third-order valence-electron chi connectivity index (χ3n) is 12.1. The minimum Gasteiger partial charge on any atom is -0.490 e. The third-order valence-corrected chi connectivity index (χ3v) is 12.4. The molecule has 3 saturated heterocycles. The minimum atomic E-state index is -1.09. The number of amides is 5. The quantitative estimate of drug-likeness (QED) is 0.291. The zero-order chi connectivity index (χ0) is 41.4. The van der Waals surface area contributed by atoms with Crippen LogP contribution >= 0.6 is 11.6 Å². The van der Waals surface area contributed by atoms with Crippen molar-refractivity contribution < 1.29 is 33.1 Å². The van der Waals surface area contributed by atoms with E-state index in [2.05, 4.69) is 25.0 Å². The Balaban J connectivity index is 0.780. The van der Waals surface area contributed by atoms with Gasteiger partial charge < -0.3 is 14.5 Å². The van der Waals surface area contributed by atoms with Gasteiger partial charge in [-0.3, -0.25) is 38.7 Å². The van der Waals surface area contributed by atoms with Crippen LogP contribution in [0.4, 0.5) is 15.9 Å². The first-order valence-electron chi connectivity index (χ1n) is 20.0. The SMILES string of the molecule is CN1C(=O)CCC(N2C(=O)c3cc(F)c(N4CCN(CC5CCN(c6ccc(C(=O)N=C7CCC(Oc8ccc(C#N)c(Cl)c8)CC7)nn6)CC5)CC4)cc3C2=O)C1=O. The molecule has 0 radical (unpaired) electrons. The zero-order valence-corrected chi connectivity index (χ0v) is 33.4. The van der Waals surface area contributed by atoms with Crippen molar-refractivity contribution in [1.82, 2.24) is 24.9 Å². The predicted molar refractivity (Wildman–Crippen MR) is 214 cm³/mol. The number of piperidine rings is 2. The number of anilines is 2. The Morgan fingerprint density at radius 1 is 0.881 bits per heavy atom. The fourth-order valence-electron chi connectivity index (χ4n) is 8.63. The number of nitrogens with zero attached hydrogens (tertiary/aromatic N) is 9. The highest BCUT2D eigenvalue weighted by molar-refractivity contribution is 6.31. The molecule has 8 rings (SSSR count). The van der Waals surface area contributed by atoms with Crippen molar-refractivity contribution in [3.63, 3.8) is 0 Å². The van der Waals surface area contributed by atoms with Gasteiger partial charge in [0.2, 0.25) is 5.91 Å². The summed E-state index contributed by atoms with van der Waals surface area (Å²) in [6.45, 7) is 5.02. The van der Waals surface area contributed by atoms with Crippen molar-refractivity contribution >= 4 is 58.4 Å². The number of benzene rings is 2. The molecule has 17 heteroatoms. The van der Waals surface area contributed by atoms with Crippen LogP contribution in [0, 0.1) is 23.1 Å². The highest BCUT2D eigenvalue weighted by Gasteiger charge is 2.47. The lowest BCUT2D eigenvalue weighted by Crippen LogP contribution is -2.54. The van der Waals surface area contributed by atoms with Crippen LogP contribution in [0.2, 0.25) is 5.02 Å². The lowest BCUT2D eigenvalue weighted by Gasteiger charge is -2.39. The van der Waals surface area contributed by atoms with Gasteiger partial charge in [-0.1, -0.05) is 11.6 Å². The Kier molecular flexibility index (Phi) is 11.4. The van der Waals surface area contributed by atoms with E-state index in [1.165, 1.54) is 13.1 Å². The van der Waals surface area contributed by atoms with Crippen LogP contribution in [-0.4, -0.2) is 125 Å². The number of carbonyl (C=O) groups excluding carboxylic acids is 5. The van der Waals surface area contributed by atoms with Crippen molar-refractivity contribution in [2.45, 2.75) is 63.5 Å². The van der Waals surface area contributed by atoms with Gasteiger partial charge in [0, 0.05) is 71.1 Å². The fraction of sp³-hybridized carbons (Fsp3) is 0.452.